The minimum Gasteiger partial charge on any atom is -0.434 e. The van der Waals surface area contributed by atoms with E-state index in [0.717, 1.165) is 46.8 Å². The van der Waals surface area contributed by atoms with Gasteiger partial charge in [0.25, 0.3) is 0 Å². The van der Waals surface area contributed by atoms with Gasteiger partial charge in [-0.15, -0.1) is 11.3 Å². The van der Waals surface area contributed by atoms with E-state index in [2.05, 4.69) is 21.0 Å². The lowest BCUT2D eigenvalue weighted by atomic mass is 10.0. The molecule has 0 saturated heterocycles. The number of carbonyl (C=O) groups excluding carboxylic acids is 1. The number of nitrogens with zero attached hydrogens (tertiary/aromatic N) is 2. The molecule has 3 aromatic rings. The molecule has 0 aliphatic carbocycles. The second kappa shape index (κ2) is 6.72. The fourth-order valence-electron chi connectivity index (χ4n) is 3.34. The number of aromatic nitrogens is 2. The van der Waals surface area contributed by atoms with Gasteiger partial charge in [-0.3, -0.25) is 4.98 Å². The minimum absolute atomic E-state index is 0.289. The molecule has 4 heterocycles. The summed E-state index contributed by atoms with van der Waals surface area (Å²) in [6, 6.07) is 8.03. The first-order valence-electron chi connectivity index (χ1n) is 8.33. The highest BCUT2D eigenvalue weighted by molar-refractivity contribution is 7.13. The Labute approximate surface area is 149 Å². The number of pyridine rings is 1. The van der Waals surface area contributed by atoms with E-state index in [9.17, 15) is 4.79 Å². The number of thiophene rings is 1. The van der Waals surface area contributed by atoms with Gasteiger partial charge >= 0.3 is 6.16 Å². The van der Waals surface area contributed by atoms with Crippen LogP contribution < -0.4 is 4.74 Å². The Hall–Kier alpha value is -2.60. The van der Waals surface area contributed by atoms with Gasteiger partial charge in [-0.1, -0.05) is 6.07 Å². The number of ether oxygens (including phenoxy) is 2. The Kier molecular flexibility index (Phi) is 4.28. The molecule has 0 unspecified atom stereocenters. The number of fused-ring (bicyclic) bond motifs is 1. The van der Waals surface area contributed by atoms with Crippen molar-refractivity contribution in [1.82, 2.24) is 9.55 Å². The highest BCUT2D eigenvalue weighted by Gasteiger charge is 2.30. The SMILES string of the molecule is CCOC(=O)Oc1c(-c2ccncc2)c(-c2cccs2)n2c1CCC2. The maximum absolute atomic E-state index is 12.0. The van der Waals surface area contributed by atoms with Crippen LogP contribution >= 0.6 is 11.3 Å². The van der Waals surface area contributed by atoms with Gasteiger partial charge in [0.1, 0.15) is 0 Å². The van der Waals surface area contributed by atoms with Crippen LogP contribution in [0.4, 0.5) is 4.79 Å². The molecule has 128 valence electrons. The van der Waals surface area contributed by atoms with Gasteiger partial charge in [0, 0.05) is 18.9 Å². The van der Waals surface area contributed by atoms with Crippen molar-refractivity contribution in [2.75, 3.05) is 6.61 Å². The summed E-state index contributed by atoms with van der Waals surface area (Å²) >= 11 is 1.69. The zero-order chi connectivity index (χ0) is 17.2. The molecule has 0 atom stereocenters. The lowest BCUT2D eigenvalue weighted by molar-refractivity contribution is 0.104. The molecule has 0 fully saturated rings. The van der Waals surface area contributed by atoms with Gasteiger partial charge in [0.15, 0.2) is 5.75 Å². The van der Waals surface area contributed by atoms with Crippen molar-refractivity contribution in [3.63, 3.8) is 0 Å². The lowest BCUT2D eigenvalue weighted by Gasteiger charge is -2.10. The van der Waals surface area contributed by atoms with Gasteiger partial charge in [-0.25, -0.2) is 4.79 Å². The molecule has 5 nitrogen and oxygen atoms in total. The number of hydrogen-bond acceptors (Lipinski definition) is 5. The topological polar surface area (TPSA) is 53.4 Å². The summed E-state index contributed by atoms with van der Waals surface area (Å²) in [7, 11) is 0. The number of carbonyl (C=O) groups is 1. The van der Waals surface area contributed by atoms with E-state index in [1.807, 2.05) is 18.2 Å². The second-order valence-electron chi connectivity index (χ2n) is 5.75. The summed E-state index contributed by atoms with van der Waals surface area (Å²) in [4.78, 5) is 17.3. The smallest absolute Gasteiger partial charge is 0.434 e. The Morgan fingerprint density at radius 2 is 2.16 bits per heavy atom. The second-order valence-corrected chi connectivity index (χ2v) is 6.70. The van der Waals surface area contributed by atoms with E-state index in [0.29, 0.717) is 5.75 Å². The third-order valence-electron chi connectivity index (χ3n) is 4.29. The Balaban J connectivity index is 1.94. The zero-order valence-corrected chi connectivity index (χ0v) is 14.7. The van der Waals surface area contributed by atoms with Crippen LogP contribution in [0, 0.1) is 0 Å². The fraction of sp³-hybridized carbons (Fsp3) is 0.263. The van der Waals surface area contributed by atoms with E-state index in [-0.39, 0.29) is 6.61 Å². The van der Waals surface area contributed by atoms with Crippen molar-refractivity contribution < 1.29 is 14.3 Å². The van der Waals surface area contributed by atoms with Gasteiger partial charge in [-0.2, -0.15) is 0 Å². The molecule has 1 aliphatic heterocycles. The maximum atomic E-state index is 12.0. The predicted octanol–water partition coefficient (Wildman–Crippen LogP) is 4.76. The van der Waals surface area contributed by atoms with Gasteiger partial charge in [-0.05, 0) is 48.9 Å². The van der Waals surface area contributed by atoms with Crippen LogP contribution in [0.25, 0.3) is 21.7 Å². The highest BCUT2D eigenvalue weighted by atomic mass is 32.1. The van der Waals surface area contributed by atoms with Gasteiger partial charge < -0.3 is 14.0 Å². The monoisotopic (exact) mass is 354 g/mol. The van der Waals surface area contributed by atoms with Crippen molar-refractivity contribution in [2.45, 2.75) is 26.3 Å². The van der Waals surface area contributed by atoms with Crippen LogP contribution in [0.15, 0.2) is 42.0 Å². The van der Waals surface area contributed by atoms with E-state index < -0.39 is 6.16 Å². The first kappa shape index (κ1) is 15.9. The molecule has 25 heavy (non-hydrogen) atoms. The summed E-state index contributed by atoms with van der Waals surface area (Å²) in [5, 5.41) is 2.06. The molecule has 0 bridgehead atoms. The molecule has 0 N–H and O–H groups in total. The molecule has 6 heteroatoms. The van der Waals surface area contributed by atoms with Gasteiger partial charge in [0.05, 0.1) is 28.4 Å². The lowest BCUT2D eigenvalue weighted by Crippen LogP contribution is -2.11. The summed E-state index contributed by atoms with van der Waals surface area (Å²) < 4.78 is 13.0. The third-order valence-corrected chi connectivity index (χ3v) is 5.16. The average Bonchev–Trinajstić information content (AvgIpc) is 3.34. The molecule has 0 aromatic carbocycles. The largest absolute Gasteiger partial charge is 0.513 e. The van der Waals surface area contributed by atoms with E-state index in [4.69, 9.17) is 9.47 Å². The summed E-state index contributed by atoms with van der Waals surface area (Å²) in [5.74, 6) is 0.616. The average molecular weight is 354 g/mol. The van der Waals surface area contributed by atoms with Crippen molar-refractivity contribution in [3.05, 3.63) is 47.7 Å². The van der Waals surface area contributed by atoms with E-state index >= 15 is 0 Å². The normalized spacial score (nSPS) is 12.8. The standard InChI is InChI=1S/C19H18N2O3S/c1-2-23-19(22)24-18-14-5-3-11-21(14)17(15-6-4-12-25-15)16(18)13-7-9-20-10-8-13/h4,6-10,12H,2-3,5,11H2,1H3. The molecular weight excluding hydrogens is 336 g/mol. The zero-order valence-electron chi connectivity index (χ0n) is 13.9. The van der Waals surface area contributed by atoms with Crippen LogP contribution in [0.3, 0.4) is 0 Å². The summed E-state index contributed by atoms with van der Waals surface area (Å²) in [5.41, 5.74) is 4.09. The van der Waals surface area contributed by atoms with Crippen LogP contribution in [-0.4, -0.2) is 22.3 Å². The maximum Gasteiger partial charge on any atom is 0.513 e. The number of rotatable bonds is 4. The first-order valence-corrected chi connectivity index (χ1v) is 9.21. The quantitative estimate of drug-likeness (QED) is 0.634. The molecule has 0 spiro atoms. The Morgan fingerprint density at radius 1 is 1.32 bits per heavy atom. The van der Waals surface area contributed by atoms with Crippen molar-refractivity contribution in [1.29, 1.82) is 0 Å². The molecule has 3 aromatic heterocycles. The van der Waals surface area contributed by atoms with Crippen molar-refractivity contribution in [2.24, 2.45) is 0 Å². The molecule has 0 saturated carbocycles. The predicted molar refractivity (Wildman–Crippen MR) is 96.9 cm³/mol. The van der Waals surface area contributed by atoms with Crippen LogP contribution in [-0.2, 0) is 17.7 Å². The van der Waals surface area contributed by atoms with Crippen LogP contribution in [0.5, 0.6) is 5.75 Å². The van der Waals surface area contributed by atoms with E-state index in [1.165, 1.54) is 0 Å². The molecule has 4 rings (SSSR count). The third kappa shape index (κ3) is 2.82. The summed E-state index contributed by atoms with van der Waals surface area (Å²) in [6.45, 7) is 2.98. The number of hydrogen-bond donors (Lipinski definition) is 0. The van der Waals surface area contributed by atoms with Crippen molar-refractivity contribution >= 4 is 17.5 Å². The molecule has 0 radical (unpaired) electrons. The minimum atomic E-state index is -0.657. The van der Waals surface area contributed by atoms with Crippen LogP contribution in [0.2, 0.25) is 0 Å². The highest BCUT2D eigenvalue weighted by Crippen LogP contribution is 2.47. The molecular formula is C19H18N2O3S. The Morgan fingerprint density at radius 3 is 2.88 bits per heavy atom. The first-order chi connectivity index (χ1) is 12.3. The Bertz CT molecular complexity index is 885. The van der Waals surface area contributed by atoms with Crippen molar-refractivity contribution in [3.8, 4) is 27.4 Å². The van der Waals surface area contributed by atoms with Gasteiger partial charge in [0.2, 0.25) is 0 Å². The summed E-state index contributed by atoms with van der Waals surface area (Å²) in [6.07, 6.45) is 4.78. The van der Waals surface area contributed by atoms with Crippen LogP contribution in [0.1, 0.15) is 19.0 Å². The van der Waals surface area contributed by atoms with E-state index in [1.54, 1.807) is 30.7 Å². The fourth-order valence-corrected chi connectivity index (χ4v) is 4.13. The molecule has 0 amide bonds. The molecule has 1 aliphatic rings.